The first-order valence-electron chi connectivity index (χ1n) is 11.9. The lowest BCUT2D eigenvalue weighted by molar-refractivity contribution is 0.102. The first-order valence-corrected chi connectivity index (χ1v) is 14.7. The van der Waals surface area contributed by atoms with Gasteiger partial charge in [-0.1, -0.05) is 57.9 Å². The number of anilines is 1. The van der Waals surface area contributed by atoms with Gasteiger partial charge in [-0.25, -0.2) is 4.99 Å². The predicted octanol–water partition coefficient (Wildman–Crippen LogP) is 9.39. The van der Waals surface area contributed by atoms with Gasteiger partial charge in [0.25, 0.3) is 5.91 Å². The van der Waals surface area contributed by atoms with Gasteiger partial charge < -0.3 is 10.1 Å². The molecule has 0 saturated carbocycles. The molecule has 1 amide bonds. The molecule has 1 heterocycles. The SMILES string of the molecule is O=C(Nc1ccccc1)c1c(N=Cc2cc(Br)cc(Br)c2OCc2cccc(Cl)c2)sc2c1CCCC2. The molecule has 1 N–H and O–H groups in total. The van der Waals surface area contributed by atoms with Gasteiger partial charge in [0, 0.05) is 31.8 Å². The number of aryl methyl sites for hydroxylation is 1. The maximum Gasteiger partial charge on any atom is 0.259 e. The standard InChI is InChI=1S/C29H23Br2ClN2O2S/c30-20-14-19(27(24(31)15-20)36-17-18-7-6-8-21(32)13-18)16-33-29-26(23-11-4-5-12-25(23)37-29)28(35)34-22-9-2-1-3-10-22/h1-3,6-10,13-16H,4-5,11-12,17H2,(H,34,35). The first kappa shape index (κ1) is 26.2. The maximum atomic E-state index is 13.4. The molecular formula is C29H23Br2ClN2O2S. The highest BCUT2D eigenvalue weighted by Gasteiger charge is 2.25. The van der Waals surface area contributed by atoms with Gasteiger partial charge in [-0.3, -0.25) is 4.79 Å². The van der Waals surface area contributed by atoms with Gasteiger partial charge in [0.2, 0.25) is 0 Å². The number of thiophene rings is 1. The molecule has 4 nitrogen and oxygen atoms in total. The maximum absolute atomic E-state index is 13.4. The molecule has 1 aliphatic rings. The summed E-state index contributed by atoms with van der Waals surface area (Å²) in [6.45, 7) is 0.361. The second-order valence-corrected chi connectivity index (χ2v) is 12.0. The molecule has 4 aromatic rings. The predicted molar refractivity (Wildman–Crippen MR) is 160 cm³/mol. The number of carbonyl (C=O) groups excluding carboxylic acids is 1. The molecule has 1 aromatic heterocycles. The third-order valence-electron chi connectivity index (χ3n) is 6.04. The number of hydrogen-bond acceptors (Lipinski definition) is 4. The van der Waals surface area contributed by atoms with Crippen LogP contribution >= 0.6 is 54.8 Å². The van der Waals surface area contributed by atoms with E-state index in [4.69, 9.17) is 21.3 Å². The normalized spacial score (nSPS) is 12.9. The Morgan fingerprint density at radius 1 is 1.05 bits per heavy atom. The lowest BCUT2D eigenvalue weighted by atomic mass is 9.95. The van der Waals surface area contributed by atoms with Crippen LogP contribution in [-0.4, -0.2) is 12.1 Å². The van der Waals surface area contributed by atoms with Crippen molar-refractivity contribution in [2.24, 2.45) is 4.99 Å². The van der Waals surface area contributed by atoms with Crippen LogP contribution in [0.1, 0.15) is 44.8 Å². The number of ether oxygens (including phenoxy) is 1. The van der Waals surface area contributed by atoms with Crippen LogP contribution in [0.4, 0.5) is 10.7 Å². The molecule has 0 fully saturated rings. The van der Waals surface area contributed by atoms with E-state index in [1.165, 1.54) is 4.88 Å². The molecule has 0 bridgehead atoms. The average molecular weight is 659 g/mol. The van der Waals surface area contributed by atoms with Crippen LogP contribution in [0.25, 0.3) is 0 Å². The Hall–Kier alpha value is -2.45. The zero-order chi connectivity index (χ0) is 25.8. The minimum Gasteiger partial charge on any atom is -0.487 e. The molecule has 1 aliphatic carbocycles. The Morgan fingerprint density at radius 3 is 2.68 bits per heavy atom. The third kappa shape index (κ3) is 6.34. The minimum atomic E-state index is -0.120. The van der Waals surface area contributed by atoms with Crippen molar-refractivity contribution < 1.29 is 9.53 Å². The van der Waals surface area contributed by atoms with Crippen LogP contribution < -0.4 is 10.1 Å². The van der Waals surface area contributed by atoms with E-state index < -0.39 is 0 Å². The molecule has 188 valence electrons. The van der Waals surface area contributed by atoms with Gasteiger partial charge in [0.1, 0.15) is 17.4 Å². The van der Waals surface area contributed by atoms with Crippen molar-refractivity contribution in [2.75, 3.05) is 5.32 Å². The monoisotopic (exact) mass is 656 g/mol. The molecule has 3 aromatic carbocycles. The van der Waals surface area contributed by atoms with Crippen molar-refractivity contribution in [3.8, 4) is 5.75 Å². The van der Waals surface area contributed by atoms with Crippen molar-refractivity contribution in [1.82, 2.24) is 0 Å². The number of amides is 1. The number of benzene rings is 3. The molecule has 8 heteroatoms. The summed E-state index contributed by atoms with van der Waals surface area (Å²) in [6.07, 6.45) is 5.88. The highest BCUT2D eigenvalue weighted by Crippen LogP contribution is 2.41. The van der Waals surface area contributed by atoms with Gasteiger partial charge in [0.15, 0.2) is 0 Å². The van der Waals surface area contributed by atoms with E-state index in [1.54, 1.807) is 17.6 Å². The van der Waals surface area contributed by atoms with E-state index in [1.807, 2.05) is 66.7 Å². The molecular weight excluding hydrogens is 636 g/mol. The number of nitrogens with one attached hydrogen (secondary N) is 1. The Bertz CT molecular complexity index is 1470. The van der Waals surface area contributed by atoms with Crippen LogP contribution in [0.15, 0.2) is 80.7 Å². The van der Waals surface area contributed by atoms with Crippen molar-refractivity contribution in [1.29, 1.82) is 0 Å². The zero-order valence-corrected chi connectivity index (χ0v) is 24.5. The van der Waals surface area contributed by atoms with Crippen molar-refractivity contribution in [3.05, 3.63) is 108 Å². The van der Waals surface area contributed by atoms with Crippen molar-refractivity contribution in [3.63, 3.8) is 0 Å². The molecule has 5 rings (SSSR count). The number of nitrogens with zero attached hydrogens (tertiary/aromatic N) is 1. The van der Waals surface area contributed by atoms with Gasteiger partial charge in [-0.2, -0.15) is 0 Å². The number of hydrogen-bond donors (Lipinski definition) is 1. The van der Waals surface area contributed by atoms with Crippen molar-refractivity contribution in [2.45, 2.75) is 32.3 Å². The van der Waals surface area contributed by atoms with E-state index in [-0.39, 0.29) is 5.91 Å². The number of fused-ring (bicyclic) bond motifs is 1. The summed E-state index contributed by atoms with van der Waals surface area (Å²) >= 11 is 14.9. The van der Waals surface area contributed by atoms with Crippen LogP contribution in [0.3, 0.4) is 0 Å². The number of carbonyl (C=O) groups is 1. The van der Waals surface area contributed by atoms with E-state index in [0.29, 0.717) is 22.9 Å². The van der Waals surface area contributed by atoms with E-state index in [2.05, 4.69) is 37.2 Å². The summed E-state index contributed by atoms with van der Waals surface area (Å²) in [5.74, 6) is 0.550. The second kappa shape index (κ2) is 11.9. The van der Waals surface area contributed by atoms with Gasteiger partial charge in [-0.15, -0.1) is 11.3 Å². The Labute approximate surface area is 242 Å². The van der Waals surface area contributed by atoms with Gasteiger partial charge in [-0.05, 0) is 89.1 Å². The summed E-state index contributed by atoms with van der Waals surface area (Å²) in [6, 6.07) is 21.0. The van der Waals surface area contributed by atoms with Gasteiger partial charge >= 0.3 is 0 Å². The minimum absolute atomic E-state index is 0.120. The quantitative estimate of drug-likeness (QED) is 0.201. The zero-order valence-electron chi connectivity index (χ0n) is 19.8. The average Bonchev–Trinajstić information content (AvgIpc) is 3.26. The Balaban J connectivity index is 1.47. The molecule has 0 radical (unpaired) electrons. The summed E-state index contributed by atoms with van der Waals surface area (Å²) in [7, 11) is 0. The molecule has 37 heavy (non-hydrogen) atoms. The number of rotatable bonds is 7. The smallest absolute Gasteiger partial charge is 0.259 e. The summed E-state index contributed by atoms with van der Waals surface area (Å²) in [5.41, 5.74) is 4.34. The lowest BCUT2D eigenvalue weighted by Crippen LogP contribution is -2.14. The fourth-order valence-corrected chi connectivity index (χ4v) is 7.15. The molecule has 0 atom stereocenters. The topological polar surface area (TPSA) is 50.7 Å². The van der Waals surface area contributed by atoms with Crippen LogP contribution in [0.2, 0.25) is 5.02 Å². The van der Waals surface area contributed by atoms with Gasteiger partial charge in [0.05, 0.1) is 10.0 Å². The first-order chi connectivity index (χ1) is 18.0. The Morgan fingerprint density at radius 2 is 1.86 bits per heavy atom. The van der Waals surface area contributed by atoms with Crippen LogP contribution in [0, 0.1) is 0 Å². The summed E-state index contributed by atoms with van der Waals surface area (Å²) in [5, 5.41) is 4.44. The fourth-order valence-electron chi connectivity index (χ4n) is 4.33. The second-order valence-electron chi connectivity index (χ2n) is 8.69. The molecule has 0 saturated heterocycles. The molecule has 0 spiro atoms. The largest absolute Gasteiger partial charge is 0.487 e. The summed E-state index contributed by atoms with van der Waals surface area (Å²) < 4.78 is 7.89. The fraction of sp³-hybridized carbons (Fsp3) is 0.172. The number of para-hydroxylation sites is 1. The third-order valence-corrected chi connectivity index (χ3v) is 8.52. The summed E-state index contributed by atoms with van der Waals surface area (Å²) in [4.78, 5) is 19.5. The Kier molecular flexibility index (Phi) is 8.45. The van der Waals surface area contributed by atoms with E-state index in [9.17, 15) is 4.79 Å². The van der Waals surface area contributed by atoms with Crippen molar-refractivity contribution >= 4 is 77.6 Å². The number of aliphatic imine (C=N–C) groups is 1. The van der Waals surface area contributed by atoms with Crippen LogP contribution in [-0.2, 0) is 19.4 Å². The highest BCUT2D eigenvalue weighted by atomic mass is 79.9. The lowest BCUT2D eigenvalue weighted by Gasteiger charge is -2.13. The molecule has 0 unspecified atom stereocenters. The van der Waals surface area contributed by atoms with E-state index >= 15 is 0 Å². The van der Waals surface area contributed by atoms with Crippen LogP contribution in [0.5, 0.6) is 5.75 Å². The number of halogens is 3. The van der Waals surface area contributed by atoms with E-state index in [0.717, 1.165) is 62.0 Å². The highest BCUT2D eigenvalue weighted by molar-refractivity contribution is 9.11. The molecule has 0 aliphatic heterocycles.